The zero-order valence-corrected chi connectivity index (χ0v) is 13.9. The maximum absolute atomic E-state index is 12.2. The van der Waals surface area contributed by atoms with E-state index in [1.54, 1.807) is 0 Å². The van der Waals surface area contributed by atoms with Gasteiger partial charge in [-0.3, -0.25) is 4.79 Å². The van der Waals surface area contributed by atoms with E-state index in [1.807, 2.05) is 0 Å². The van der Waals surface area contributed by atoms with Crippen LogP contribution in [0.5, 0.6) is 0 Å². The van der Waals surface area contributed by atoms with Crippen LogP contribution in [-0.4, -0.2) is 14.1 Å². The standard InChI is InChI=1S/C16H26O2Si/c1-16(2,3)19(4,5)18-15-10-9-12-7-6-8-14(17)13(15)11-12/h7,10,13H,6,8-9,11H2,1-5H3. The summed E-state index contributed by atoms with van der Waals surface area (Å²) >= 11 is 0. The van der Waals surface area contributed by atoms with Gasteiger partial charge in [-0.05, 0) is 43.5 Å². The van der Waals surface area contributed by atoms with E-state index in [4.69, 9.17) is 4.43 Å². The van der Waals surface area contributed by atoms with Gasteiger partial charge in [0.2, 0.25) is 8.32 Å². The van der Waals surface area contributed by atoms with Gasteiger partial charge in [-0.15, -0.1) is 0 Å². The number of Topliss-reactive ketones (excluding diaryl/α,β-unsaturated/α-hetero) is 1. The molecule has 0 saturated heterocycles. The van der Waals surface area contributed by atoms with Crippen molar-refractivity contribution < 1.29 is 9.22 Å². The molecule has 2 aliphatic carbocycles. The van der Waals surface area contributed by atoms with Crippen LogP contribution in [0.3, 0.4) is 0 Å². The molecular formula is C16H26O2Si. The fourth-order valence-corrected chi connectivity index (χ4v) is 3.53. The van der Waals surface area contributed by atoms with Gasteiger partial charge in [0.15, 0.2) is 0 Å². The number of ketones is 1. The minimum Gasteiger partial charge on any atom is -0.546 e. The first-order valence-electron chi connectivity index (χ1n) is 7.30. The van der Waals surface area contributed by atoms with Gasteiger partial charge in [0, 0.05) is 6.42 Å². The molecule has 19 heavy (non-hydrogen) atoms. The highest BCUT2D eigenvalue weighted by molar-refractivity contribution is 6.74. The summed E-state index contributed by atoms with van der Waals surface area (Å²) in [5.74, 6) is 1.32. The number of rotatable bonds is 2. The molecule has 0 aromatic heterocycles. The first-order valence-corrected chi connectivity index (χ1v) is 10.2. The normalized spacial score (nSPS) is 24.5. The second-order valence-electron chi connectivity index (χ2n) is 7.30. The van der Waals surface area contributed by atoms with Crippen LogP contribution in [-0.2, 0) is 9.22 Å². The van der Waals surface area contributed by atoms with Crippen molar-refractivity contribution in [1.29, 1.82) is 0 Å². The second-order valence-corrected chi connectivity index (χ2v) is 12.0. The summed E-state index contributed by atoms with van der Waals surface area (Å²) in [7, 11) is -1.83. The Morgan fingerprint density at radius 3 is 2.58 bits per heavy atom. The van der Waals surface area contributed by atoms with Crippen molar-refractivity contribution in [1.82, 2.24) is 0 Å². The molecule has 2 bridgehead atoms. The molecule has 0 aromatic rings. The lowest BCUT2D eigenvalue weighted by atomic mass is 9.88. The molecule has 0 spiro atoms. The lowest BCUT2D eigenvalue weighted by Crippen LogP contribution is -2.42. The SMILES string of the molecule is CC(C)(C)[Si](C)(C)OC1=CCC2=CCCC(=O)C1C2. The molecule has 0 saturated carbocycles. The molecule has 0 N–H and O–H groups in total. The zero-order valence-electron chi connectivity index (χ0n) is 12.9. The van der Waals surface area contributed by atoms with Gasteiger partial charge in [0.25, 0.3) is 0 Å². The Morgan fingerprint density at radius 1 is 1.26 bits per heavy atom. The van der Waals surface area contributed by atoms with Crippen LogP contribution in [0, 0.1) is 5.92 Å². The van der Waals surface area contributed by atoms with Crippen molar-refractivity contribution >= 4 is 14.1 Å². The fourth-order valence-electron chi connectivity index (χ4n) is 2.41. The molecule has 106 valence electrons. The summed E-state index contributed by atoms with van der Waals surface area (Å²) < 4.78 is 6.41. The molecule has 0 radical (unpaired) electrons. The molecule has 2 rings (SSSR count). The minimum atomic E-state index is -1.83. The number of carbonyl (C=O) groups excluding carboxylic acids is 1. The summed E-state index contributed by atoms with van der Waals surface area (Å²) in [6.45, 7) is 11.2. The lowest BCUT2D eigenvalue weighted by molar-refractivity contribution is -0.122. The third-order valence-electron chi connectivity index (χ3n) is 4.77. The molecule has 2 nitrogen and oxygen atoms in total. The third-order valence-corrected chi connectivity index (χ3v) is 9.13. The predicted molar refractivity (Wildman–Crippen MR) is 81.4 cm³/mol. The van der Waals surface area contributed by atoms with Gasteiger partial charge < -0.3 is 4.43 Å². The minimum absolute atomic E-state index is 0.00313. The Labute approximate surface area is 118 Å². The van der Waals surface area contributed by atoms with Crippen LogP contribution in [0.4, 0.5) is 0 Å². The highest BCUT2D eigenvalue weighted by Gasteiger charge is 2.41. The van der Waals surface area contributed by atoms with Gasteiger partial charge in [-0.25, -0.2) is 0 Å². The predicted octanol–water partition coefficient (Wildman–Crippen LogP) is 4.59. The number of allylic oxidation sites excluding steroid dienone is 4. The summed E-state index contributed by atoms with van der Waals surface area (Å²) in [6, 6.07) is 0. The van der Waals surface area contributed by atoms with E-state index in [1.165, 1.54) is 5.57 Å². The van der Waals surface area contributed by atoms with Crippen LogP contribution < -0.4 is 0 Å². The van der Waals surface area contributed by atoms with E-state index < -0.39 is 8.32 Å². The van der Waals surface area contributed by atoms with Crippen molar-refractivity contribution in [3.8, 4) is 0 Å². The van der Waals surface area contributed by atoms with Crippen molar-refractivity contribution in [2.75, 3.05) is 0 Å². The quantitative estimate of drug-likeness (QED) is 0.545. The Kier molecular flexibility index (Phi) is 3.78. The first kappa shape index (κ1) is 14.6. The van der Waals surface area contributed by atoms with Crippen molar-refractivity contribution in [2.24, 2.45) is 5.92 Å². The molecule has 1 unspecified atom stereocenters. The maximum atomic E-state index is 12.2. The van der Waals surface area contributed by atoms with Crippen molar-refractivity contribution in [3.05, 3.63) is 23.5 Å². The average Bonchev–Trinajstić information content (AvgIpc) is 2.42. The van der Waals surface area contributed by atoms with Crippen LogP contribution in [0.15, 0.2) is 23.5 Å². The van der Waals surface area contributed by atoms with Crippen LogP contribution in [0.2, 0.25) is 18.1 Å². The summed E-state index contributed by atoms with van der Waals surface area (Å²) in [5, 5.41) is 0.178. The average molecular weight is 278 g/mol. The summed E-state index contributed by atoms with van der Waals surface area (Å²) in [5.41, 5.74) is 1.42. The maximum Gasteiger partial charge on any atom is 0.250 e. The molecule has 0 heterocycles. The number of carbonyl (C=O) groups is 1. The molecule has 0 aromatic carbocycles. The zero-order chi connectivity index (χ0) is 14.3. The van der Waals surface area contributed by atoms with E-state index in [2.05, 4.69) is 46.0 Å². The van der Waals surface area contributed by atoms with Gasteiger partial charge in [-0.2, -0.15) is 0 Å². The monoisotopic (exact) mass is 278 g/mol. The topological polar surface area (TPSA) is 26.3 Å². The van der Waals surface area contributed by atoms with Crippen LogP contribution >= 0.6 is 0 Å². The summed E-state index contributed by atoms with van der Waals surface area (Å²) in [6.07, 6.45) is 7.84. The van der Waals surface area contributed by atoms with Gasteiger partial charge >= 0.3 is 0 Å². The van der Waals surface area contributed by atoms with Crippen LogP contribution in [0.1, 0.15) is 46.5 Å². The smallest absolute Gasteiger partial charge is 0.250 e. The van der Waals surface area contributed by atoms with Gasteiger partial charge in [0.1, 0.15) is 5.78 Å². The second kappa shape index (κ2) is 4.93. The largest absolute Gasteiger partial charge is 0.546 e. The Morgan fingerprint density at radius 2 is 1.95 bits per heavy atom. The Hall–Kier alpha value is -0.833. The molecule has 2 aliphatic rings. The van der Waals surface area contributed by atoms with Gasteiger partial charge in [0.05, 0.1) is 11.7 Å². The van der Waals surface area contributed by atoms with E-state index in [-0.39, 0.29) is 11.0 Å². The number of fused-ring (bicyclic) bond motifs is 2. The van der Waals surface area contributed by atoms with E-state index >= 15 is 0 Å². The number of hydrogen-bond donors (Lipinski definition) is 0. The molecule has 0 amide bonds. The third kappa shape index (κ3) is 3.02. The lowest BCUT2D eigenvalue weighted by Gasteiger charge is -2.39. The number of hydrogen-bond acceptors (Lipinski definition) is 2. The van der Waals surface area contributed by atoms with Crippen LogP contribution in [0.25, 0.3) is 0 Å². The molecule has 3 heteroatoms. The Bertz CT molecular complexity index is 438. The van der Waals surface area contributed by atoms with E-state index in [0.29, 0.717) is 12.2 Å². The highest BCUT2D eigenvalue weighted by Crippen LogP contribution is 2.42. The van der Waals surface area contributed by atoms with Gasteiger partial charge in [-0.1, -0.05) is 32.4 Å². The van der Waals surface area contributed by atoms with E-state index in [0.717, 1.165) is 25.0 Å². The van der Waals surface area contributed by atoms with Crippen molar-refractivity contribution in [2.45, 2.75) is 64.6 Å². The molecule has 0 fully saturated rings. The fraction of sp³-hybridized carbons (Fsp3) is 0.688. The molecule has 1 atom stereocenters. The summed E-state index contributed by atoms with van der Waals surface area (Å²) in [4.78, 5) is 12.2. The Balaban J connectivity index is 2.22. The molecule has 0 aliphatic heterocycles. The first-order chi connectivity index (χ1) is 8.71. The van der Waals surface area contributed by atoms with E-state index in [9.17, 15) is 4.79 Å². The van der Waals surface area contributed by atoms with Crippen molar-refractivity contribution in [3.63, 3.8) is 0 Å². The highest BCUT2D eigenvalue weighted by atomic mass is 28.4. The molecular weight excluding hydrogens is 252 g/mol.